The van der Waals surface area contributed by atoms with Crippen molar-refractivity contribution in [3.8, 4) is 11.4 Å². The number of hydrogen-bond acceptors (Lipinski definition) is 3. The average molecular weight is 293 g/mol. The Morgan fingerprint density at radius 1 is 1.20 bits per heavy atom. The number of sulfonamides is 1. The monoisotopic (exact) mass is 293 g/mol. The maximum atomic E-state index is 12.5. The molecule has 1 heterocycles. The molecule has 0 aliphatic rings. The smallest absolute Gasteiger partial charge is 0.241 e. The fourth-order valence-electron chi connectivity index (χ4n) is 1.97. The van der Waals surface area contributed by atoms with E-state index in [1.165, 1.54) is 0 Å². The van der Waals surface area contributed by atoms with Crippen molar-refractivity contribution >= 4 is 10.0 Å². The summed E-state index contributed by atoms with van der Waals surface area (Å²) in [6.45, 7) is 5.44. The number of nitrogens with one attached hydrogen (secondary N) is 1. The standard InChI is InChI=1S/C14H19N3O2S/c1-14(2,3)16-20(18,19)12-8-6-5-7-11(12)13-15-9-10-17(13)4/h5-10,16H,1-4H3. The van der Waals surface area contributed by atoms with Crippen LogP contribution in [0.1, 0.15) is 20.8 Å². The van der Waals surface area contributed by atoms with E-state index in [2.05, 4.69) is 9.71 Å². The largest absolute Gasteiger partial charge is 0.334 e. The molecule has 1 N–H and O–H groups in total. The van der Waals surface area contributed by atoms with Crippen molar-refractivity contribution < 1.29 is 8.42 Å². The predicted molar refractivity (Wildman–Crippen MR) is 78.7 cm³/mol. The zero-order valence-electron chi connectivity index (χ0n) is 12.1. The number of rotatable bonds is 3. The van der Waals surface area contributed by atoms with E-state index in [9.17, 15) is 8.42 Å². The van der Waals surface area contributed by atoms with Gasteiger partial charge in [-0.3, -0.25) is 0 Å². The highest BCUT2D eigenvalue weighted by Crippen LogP contribution is 2.26. The van der Waals surface area contributed by atoms with Crippen LogP contribution in [-0.4, -0.2) is 23.5 Å². The van der Waals surface area contributed by atoms with Crippen LogP contribution in [0.25, 0.3) is 11.4 Å². The van der Waals surface area contributed by atoms with Crippen LogP contribution in [0, 0.1) is 0 Å². The van der Waals surface area contributed by atoms with E-state index >= 15 is 0 Å². The van der Waals surface area contributed by atoms with Crippen molar-refractivity contribution in [2.24, 2.45) is 7.05 Å². The van der Waals surface area contributed by atoms with Gasteiger partial charge < -0.3 is 4.57 Å². The summed E-state index contributed by atoms with van der Waals surface area (Å²) in [5, 5.41) is 0. The first-order valence-electron chi connectivity index (χ1n) is 6.31. The Bertz CT molecular complexity index is 712. The molecule has 0 amide bonds. The minimum atomic E-state index is -3.59. The lowest BCUT2D eigenvalue weighted by atomic mass is 10.1. The fraction of sp³-hybridized carbons (Fsp3) is 0.357. The number of imidazole rings is 1. The highest BCUT2D eigenvalue weighted by Gasteiger charge is 2.25. The van der Waals surface area contributed by atoms with Gasteiger partial charge in [0.25, 0.3) is 0 Å². The fourth-order valence-corrected chi connectivity index (χ4v) is 3.59. The molecule has 0 bridgehead atoms. The van der Waals surface area contributed by atoms with Crippen LogP contribution in [-0.2, 0) is 17.1 Å². The number of hydrogen-bond donors (Lipinski definition) is 1. The van der Waals surface area contributed by atoms with Crippen LogP contribution in [0.5, 0.6) is 0 Å². The molecule has 0 unspecified atom stereocenters. The van der Waals surface area contributed by atoms with Gasteiger partial charge in [-0.15, -0.1) is 0 Å². The zero-order valence-corrected chi connectivity index (χ0v) is 12.9. The number of aromatic nitrogens is 2. The molecule has 2 rings (SSSR count). The lowest BCUT2D eigenvalue weighted by molar-refractivity contribution is 0.491. The summed E-state index contributed by atoms with van der Waals surface area (Å²) in [7, 11) is -1.76. The predicted octanol–water partition coefficient (Wildman–Crippen LogP) is 2.16. The van der Waals surface area contributed by atoms with Gasteiger partial charge in [0.2, 0.25) is 10.0 Å². The highest BCUT2D eigenvalue weighted by molar-refractivity contribution is 7.89. The summed E-state index contributed by atoms with van der Waals surface area (Å²) >= 11 is 0. The van der Waals surface area contributed by atoms with E-state index in [0.717, 1.165) is 0 Å². The van der Waals surface area contributed by atoms with E-state index in [4.69, 9.17) is 0 Å². The molecule has 5 nitrogen and oxygen atoms in total. The maximum absolute atomic E-state index is 12.5. The average Bonchev–Trinajstić information content (AvgIpc) is 2.72. The molecular formula is C14H19N3O2S. The van der Waals surface area contributed by atoms with Gasteiger partial charge in [0, 0.05) is 30.5 Å². The second-order valence-corrected chi connectivity index (χ2v) is 7.36. The topological polar surface area (TPSA) is 64.0 Å². The molecule has 2 aromatic rings. The molecule has 20 heavy (non-hydrogen) atoms. The highest BCUT2D eigenvalue weighted by atomic mass is 32.2. The van der Waals surface area contributed by atoms with E-state index in [-0.39, 0.29) is 4.90 Å². The second kappa shape index (κ2) is 5.03. The van der Waals surface area contributed by atoms with E-state index < -0.39 is 15.6 Å². The molecule has 0 spiro atoms. The normalized spacial score (nSPS) is 12.6. The lowest BCUT2D eigenvalue weighted by Gasteiger charge is -2.21. The van der Waals surface area contributed by atoms with Crippen LogP contribution in [0.4, 0.5) is 0 Å². The molecule has 0 fully saturated rings. The van der Waals surface area contributed by atoms with Crippen molar-refractivity contribution in [1.82, 2.24) is 14.3 Å². The van der Waals surface area contributed by atoms with Gasteiger partial charge >= 0.3 is 0 Å². The van der Waals surface area contributed by atoms with Crippen LogP contribution in [0.2, 0.25) is 0 Å². The molecule has 0 aliphatic carbocycles. The van der Waals surface area contributed by atoms with Crippen LogP contribution in [0.3, 0.4) is 0 Å². The summed E-state index contributed by atoms with van der Waals surface area (Å²) in [5.74, 6) is 0.625. The van der Waals surface area contributed by atoms with E-state index in [1.807, 2.05) is 27.8 Å². The van der Waals surface area contributed by atoms with Gasteiger partial charge in [-0.05, 0) is 32.9 Å². The number of nitrogens with zero attached hydrogens (tertiary/aromatic N) is 2. The van der Waals surface area contributed by atoms with Crippen LogP contribution in [0.15, 0.2) is 41.6 Å². The SMILES string of the molecule is Cn1ccnc1-c1ccccc1S(=O)(=O)NC(C)(C)C. The van der Waals surface area contributed by atoms with Crippen LogP contribution >= 0.6 is 0 Å². The van der Waals surface area contributed by atoms with Crippen molar-refractivity contribution in [2.75, 3.05) is 0 Å². The van der Waals surface area contributed by atoms with Gasteiger partial charge in [-0.25, -0.2) is 18.1 Å². The van der Waals surface area contributed by atoms with E-state index in [1.54, 1.807) is 41.2 Å². The minimum absolute atomic E-state index is 0.240. The summed E-state index contributed by atoms with van der Waals surface area (Å²) < 4.78 is 29.5. The third kappa shape index (κ3) is 3.08. The van der Waals surface area contributed by atoms with Crippen molar-refractivity contribution in [2.45, 2.75) is 31.2 Å². The molecule has 0 radical (unpaired) electrons. The summed E-state index contributed by atoms with van der Waals surface area (Å²) in [4.78, 5) is 4.47. The van der Waals surface area contributed by atoms with Gasteiger partial charge in [0.1, 0.15) is 5.82 Å². The first-order valence-corrected chi connectivity index (χ1v) is 7.80. The molecule has 1 aromatic carbocycles. The summed E-state index contributed by atoms with van der Waals surface area (Å²) in [5.41, 5.74) is 0.0601. The third-order valence-corrected chi connectivity index (χ3v) is 4.50. The van der Waals surface area contributed by atoms with Gasteiger partial charge in [-0.2, -0.15) is 0 Å². The zero-order chi connectivity index (χ0) is 15.0. The molecule has 0 saturated heterocycles. The molecule has 1 aromatic heterocycles. The Morgan fingerprint density at radius 3 is 2.40 bits per heavy atom. The lowest BCUT2D eigenvalue weighted by Crippen LogP contribution is -2.40. The Kier molecular flexibility index (Phi) is 3.71. The second-order valence-electron chi connectivity index (χ2n) is 5.71. The number of benzene rings is 1. The molecular weight excluding hydrogens is 274 g/mol. The van der Waals surface area contributed by atoms with Crippen LogP contribution < -0.4 is 4.72 Å². The van der Waals surface area contributed by atoms with Gasteiger partial charge in [-0.1, -0.05) is 12.1 Å². The van der Waals surface area contributed by atoms with Crippen molar-refractivity contribution in [3.05, 3.63) is 36.7 Å². The first-order chi connectivity index (χ1) is 9.21. The number of aryl methyl sites for hydroxylation is 1. The Balaban J connectivity index is 2.57. The Labute approximate surface area is 119 Å². The molecule has 0 aliphatic heterocycles. The first kappa shape index (κ1) is 14.7. The molecule has 0 saturated carbocycles. The van der Waals surface area contributed by atoms with E-state index in [0.29, 0.717) is 11.4 Å². The molecule has 108 valence electrons. The third-order valence-electron chi connectivity index (χ3n) is 2.68. The summed E-state index contributed by atoms with van der Waals surface area (Å²) in [6, 6.07) is 6.88. The summed E-state index contributed by atoms with van der Waals surface area (Å²) in [6.07, 6.45) is 3.44. The Hall–Kier alpha value is -1.66. The van der Waals surface area contributed by atoms with Crippen molar-refractivity contribution in [1.29, 1.82) is 0 Å². The minimum Gasteiger partial charge on any atom is -0.334 e. The van der Waals surface area contributed by atoms with Crippen molar-refractivity contribution in [3.63, 3.8) is 0 Å². The van der Waals surface area contributed by atoms with Gasteiger partial charge in [0.05, 0.1) is 4.90 Å². The van der Waals surface area contributed by atoms with Gasteiger partial charge in [0.15, 0.2) is 0 Å². The molecule has 6 heteroatoms. The molecule has 0 atom stereocenters. The Morgan fingerprint density at radius 2 is 1.85 bits per heavy atom. The maximum Gasteiger partial charge on any atom is 0.241 e. The quantitative estimate of drug-likeness (QED) is 0.943.